The van der Waals surface area contributed by atoms with E-state index >= 15 is 0 Å². The van der Waals surface area contributed by atoms with Gasteiger partial charge in [0.05, 0.1) is 31.2 Å². The molecule has 21 heavy (non-hydrogen) atoms. The van der Waals surface area contributed by atoms with Gasteiger partial charge >= 0.3 is 0 Å². The number of rotatable bonds is 11. The fourth-order valence-electron chi connectivity index (χ4n) is 1.73. The molecule has 0 aliphatic carbocycles. The summed E-state index contributed by atoms with van der Waals surface area (Å²) in [6, 6.07) is 0. The van der Waals surface area contributed by atoms with Gasteiger partial charge in [0, 0.05) is 31.7 Å². The van der Waals surface area contributed by atoms with Gasteiger partial charge in [0.25, 0.3) is 0 Å². The molecule has 0 saturated heterocycles. The number of hydrogen-bond donors (Lipinski definition) is 0. The lowest BCUT2D eigenvalue weighted by molar-refractivity contribution is -0.132. The Morgan fingerprint density at radius 1 is 1.29 bits per heavy atom. The highest BCUT2D eigenvalue weighted by Crippen LogP contribution is 2.13. The predicted octanol–water partition coefficient (Wildman–Crippen LogP) is 2.33. The number of amides is 1. The molecule has 0 atom stereocenters. The van der Waals surface area contributed by atoms with E-state index in [4.69, 9.17) is 21.1 Å². The quantitative estimate of drug-likeness (QED) is 0.460. The molecule has 0 unspecified atom stereocenters. The Morgan fingerprint density at radius 2 is 1.90 bits per heavy atom. The predicted molar refractivity (Wildman–Crippen MR) is 84.9 cm³/mol. The first-order valence-corrected chi connectivity index (χ1v) is 8.55. The van der Waals surface area contributed by atoms with Gasteiger partial charge in [-0.15, -0.1) is 22.9 Å². The lowest BCUT2D eigenvalue weighted by atomic mass is 10.3. The minimum Gasteiger partial charge on any atom is -0.380 e. The molecule has 1 aromatic rings. The van der Waals surface area contributed by atoms with Crippen molar-refractivity contribution in [2.75, 3.05) is 39.5 Å². The fourth-order valence-corrected chi connectivity index (χ4v) is 2.75. The van der Waals surface area contributed by atoms with Crippen LogP contribution in [0.3, 0.4) is 0 Å². The molecule has 0 radical (unpaired) electrons. The number of alkyl halides is 1. The third-order valence-electron chi connectivity index (χ3n) is 2.81. The lowest BCUT2D eigenvalue weighted by Crippen LogP contribution is -2.37. The van der Waals surface area contributed by atoms with Crippen LogP contribution in [0.25, 0.3) is 0 Å². The molecule has 0 N–H and O–H groups in total. The standard InChI is InChI=1S/C14H23ClN2O3S/c1-3-19-7-5-17(6-8-20-4-2)14(18)9-13-16-12(10-15)11-21-13/h11H,3-10H2,1-2H3. The maximum atomic E-state index is 12.3. The van der Waals surface area contributed by atoms with Gasteiger partial charge in [-0.2, -0.15) is 0 Å². The van der Waals surface area contributed by atoms with Gasteiger partial charge in [0.2, 0.25) is 5.91 Å². The summed E-state index contributed by atoms with van der Waals surface area (Å²) in [5.41, 5.74) is 0.819. The molecule has 0 spiro atoms. The van der Waals surface area contributed by atoms with Crippen molar-refractivity contribution in [3.05, 3.63) is 16.1 Å². The van der Waals surface area contributed by atoms with E-state index < -0.39 is 0 Å². The largest absolute Gasteiger partial charge is 0.380 e. The van der Waals surface area contributed by atoms with Gasteiger partial charge in [0.1, 0.15) is 5.01 Å². The number of halogens is 1. The van der Waals surface area contributed by atoms with Crippen LogP contribution < -0.4 is 0 Å². The molecular formula is C14H23ClN2O3S. The van der Waals surface area contributed by atoms with Crippen molar-refractivity contribution in [3.8, 4) is 0 Å². The Bertz CT molecular complexity index is 405. The number of hydrogen-bond acceptors (Lipinski definition) is 5. The molecule has 120 valence electrons. The molecule has 5 nitrogen and oxygen atoms in total. The summed E-state index contributed by atoms with van der Waals surface area (Å²) in [6.07, 6.45) is 0.305. The van der Waals surface area contributed by atoms with Gasteiger partial charge in [0.15, 0.2) is 0 Å². The Labute approximate surface area is 135 Å². The van der Waals surface area contributed by atoms with Crippen LogP contribution >= 0.6 is 22.9 Å². The van der Waals surface area contributed by atoms with Gasteiger partial charge in [-0.05, 0) is 13.8 Å². The summed E-state index contributed by atoms with van der Waals surface area (Å²) in [6.45, 7) is 7.42. The van der Waals surface area contributed by atoms with Crippen LogP contribution in [0.15, 0.2) is 5.38 Å². The zero-order valence-electron chi connectivity index (χ0n) is 12.6. The second-order valence-corrected chi connectivity index (χ2v) is 5.53. The minimum absolute atomic E-state index is 0.0462. The van der Waals surface area contributed by atoms with E-state index in [1.165, 1.54) is 11.3 Å². The molecule has 0 aliphatic heterocycles. The van der Waals surface area contributed by atoms with Crippen molar-refractivity contribution < 1.29 is 14.3 Å². The molecule has 0 aliphatic rings. The van der Waals surface area contributed by atoms with E-state index in [9.17, 15) is 4.79 Å². The van der Waals surface area contributed by atoms with E-state index in [2.05, 4.69) is 4.98 Å². The average molecular weight is 335 g/mol. The van der Waals surface area contributed by atoms with Gasteiger partial charge in [-0.1, -0.05) is 0 Å². The van der Waals surface area contributed by atoms with Crippen LogP contribution in [0, 0.1) is 0 Å². The molecule has 0 aromatic carbocycles. The average Bonchev–Trinajstić information content (AvgIpc) is 2.93. The van der Waals surface area contributed by atoms with Gasteiger partial charge < -0.3 is 14.4 Å². The molecule has 1 amide bonds. The van der Waals surface area contributed by atoms with Crippen molar-refractivity contribution >= 4 is 28.8 Å². The fraction of sp³-hybridized carbons (Fsp3) is 0.714. The molecule has 1 aromatic heterocycles. The number of carbonyl (C=O) groups is 1. The number of aromatic nitrogens is 1. The third kappa shape index (κ3) is 7.22. The number of nitrogens with zero attached hydrogens (tertiary/aromatic N) is 2. The van der Waals surface area contributed by atoms with Crippen LogP contribution in [-0.2, 0) is 26.6 Å². The lowest BCUT2D eigenvalue weighted by Gasteiger charge is -2.22. The van der Waals surface area contributed by atoms with Crippen molar-refractivity contribution in [1.82, 2.24) is 9.88 Å². The second kappa shape index (κ2) is 11.0. The highest BCUT2D eigenvalue weighted by Gasteiger charge is 2.15. The van der Waals surface area contributed by atoms with Gasteiger partial charge in [-0.3, -0.25) is 4.79 Å². The SMILES string of the molecule is CCOCCN(CCOCC)C(=O)Cc1nc(CCl)cs1. The molecule has 0 fully saturated rings. The molecule has 7 heteroatoms. The summed E-state index contributed by atoms with van der Waals surface area (Å²) in [5, 5.41) is 2.69. The number of thiazole rings is 1. The molecule has 0 bridgehead atoms. The smallest absolute Gasteiger partial charge is 0.229 e. The molecular weight excluding hydrogens is 312 g/mol. The summed E-state index contributed by atoms with van der Waals surface area (Å²) >= 11 is 7.20. The Balaban J connectivity index is 2.51. The second-order valence-electron chi connectivity index (χ2n) is 4.32. The summed E-state index contributed by atoms with van der Waals surface area (Å²) < 4.78 is 10.7. The highest BCUT2D eigenvalue weighted by atomic mass is 35.5. The summed E-state index contributed by atoms with van der Waals surface area (Å²) in [5.74, 6) is 0.424. The summed E-state index contributed by atoms with van der Waals surface area (Å²) in [4.78, 5) is 18.4. The van der Waals surface area contributed by atoms with Crippen molar-refractivity contribution in [2.45, 2.75) is 26.1 Å². The van der Waals surface area contributed by atoms with Crippen LogP contribution in [0.5, 0.6) is 0 Å². The maximum absolute atomic E-state index is 12.3. The third-order valence-corrected chi connectivity index (χ3v) is 3.98. The van der Waals surface area contributed by atoms with E-state index in [0.29, 0.717) is 51.8 Å². The van der Waals surface area contributed by atoms with E-state index in [-0.39, 0.29) is 5.91 Å². The van der Waals surface area contributed by atoms with Crippen molar-refractivity contribution in [1.29, 1.82) is 0 Å². The Hall–Kier alpha value is -0.690. The normalized spacial score (nSPS) is 10.8. The van der Waals surface area contributed by atoms with E-state index in [1.54, 1.807) is 4.90 Å². The van der Waals surface area contributed by atoms with E-state index in [0.717, 1.165) is 10.7 Å². The zero-order valence-corrected chi connectivity index (χ0v) is 14.2. The Kier molecular flexibility index (Phi) is 9.58. The van der Waals surface area contributed by atoms with Crippen LogP contribution in [-0.4, -0.2) is 55.3 Å². The summed E-state index contributed by atoms with van der Waals surface area (Å²) in [7, 11) is 0. The zero-order chi connectivity index (χ0) is 15.5. The Morgan fingerprint density at radius 3 is 2.38 bits per heavy atom. The van der Waals surface area contributed by atoms with Crippen LogP contribution in [0.1, 0.15) is 24.5 Å². The van der Waals surface area contributed by atoms with Crippen LogP contribution in [0.2, 0.25) is 0 Å². The molecule has 1 rings (SSSR count). The number of carbonyl (C=O) groups excluding carboxylic acids is 1. The van der Waals surface area contributed by atoms with E-state index in [1.807, 2.05) is 19.2 Å². The van der Waals surface area contributed by atoms with Crippen LogP contribution in [0.4, 0.5) is 0 Å². The number of ether oxygens (including phenoxy) is 2. The monoisotopic (exact) mass is 334 g/mol. The minimum atomic E-state index is 0.0462. The van der Waals surface area contributed by atoms with Gasteiger partial charge in [-0.25, -0.2) is 4.98 Å². The maximum Gasteiger partial charge on any atom is 0.229 e. The van der Waals surface area contributed by atoms with Crippen molar-refractivity contribution in [3.63, 3.8) is 0 Å². The molecule has 0 saturated carbocycles. The molecule has 1 heterocycles. The topological polar surface area (TPSA) is 51.7 Å². The highest BCUT2D eigenvalue weighted by molar-refractivity contribution is 7.09. The van der Waals surface area contributed by atoms with Crippen molar-refractivity contribution in [2.24, 2.45) is 0 Å². The first-order valence-electron chi connectivity index (χ1n) is 7.13. The first-order chi connectivity index (χ1) is 10.2. The first kappa shape index (κ1) is 18.4.